The minimum absolute atomic E-state index is 0.252. The predicted octanol–water partition coefficient (Wildman–Crippen LogP) is 0.745. The van der Waals surface area contributed by atoms with E-state index in [0.717, 1.165) is 25.3 Å². The molecule has 10 heteroatoms. The highest BCUT2D eigenvalue weighted by molar-refractivity contribution is 7.89. The second kappa shape index (κ2) is 5.66. The molecule has 0 atom stereocenters. The monoisotopic (exact) mass is 318 g/mol. The number of methoxy groups -OCH3 is 1. The summed E-state index contributed by atoms with van der Waals surface area (Å²) >= 11 is 0. The Hall–Kier alpha value is -2.20. The van der Waals surface area contributed by atoms with Gasteiger partial charge in [0.05, 0.1) is 18.1 Å². The molecular weight excluding hydrogens is 304 g/mol. The first-order valence-corrected chi connectivity index (χ1v) is 7.09. The molecule has 0 bridgehead atoms. The van der Waals surface area contributed by atoms with Crippen molar-refractivity contribution in [2.24, 2.45) is 0 Å². The number of hydrogen-bond acceptors (Lipinski definition) is 6. The molecule has 1 aromatic rings. The van der Waals surface area contributed by atoms with Gasteiger partial charge in [-0.1, -0.05) is 0 Å². The zero-order chi connectivity index (χ0) is 16.4. The molecule has 0 aliphatic carbocycles. The number of carboxylic acid groups (broad SMARTS) is 1. The standard InChI is InChI=1S/C11H14N2O7S/c1-11(2,10(14)15)12-21(18,19)9-5-4-7(13(16)17)6-8(9)20-3/h4-6,12H,1-3H3,(H,14,15). The minimum atomic E-state index is -4.23. The molecule has 0 spiro atoms. The van der Waals surface area contributed by atoms with Gasteiger partial charge in [-0.15, -0.1) is 0 Å². The van der Waals surface area contributed by atoms with Crippen LogP contribution in [0.5, 0.6) is 5.75 Å². The van der Waals surface area contributed by atoms with Crippen LogP contribution < -0.4 is 9.46 Å². The number of sulfonamides is 1. The largest absolute Gasteiger partial charge is 0.495 e. The average Bonchev–Trinajstić information content (AvgIpc) is 2.36. The summed E-state index contributed by atoms with van der Waals surface area (Å²) in [5.74, 6) is -1.62. The zero-order valence-corrected chi connectivity index (χ0v) is 12.3. The topological polar surface area (TPSA) is 136 Å². The van der Waals surface area contributed by atoms with Crippen molar-refractivity contribution in [2.45, 2.75) is 24.3 Å². The van der Waals surface area contributed by atoms with E-state index in [2.05, 4.69) is 0 Å². The second-order valence-electron chi connectivity index (χ2n) is 4.63. The molecular formula is C11H14N2O7S. The van der Waals surface area contributed by atoms with Gasteiger partial charge in [-0.25, -0.2) is 8.42 Å². The molecule has 1 rings (SSSR count). The molecule has 1 aromatic carbocycles. The number of aliphatic carboxylic acids is 1. The Morgan fingerprint density at radius 3 is 2.43 bits per heavy atom. The minimum Gasteiger partial charge on any atom is -0.495 e. The molecule has 0 heterocycles. The van der Waals surface area contributed by atoms with E-state index >= 15 is 0 Å². The maximum absolute atomic E-state index is 12.2. The molecule has 9 nitrogen and oxygen atoms in total. The fraction of sp³-hybridized carbons (Fsp3) is 0.364. The summed E-state index contributed by atoms with van der Waals surface area (Å²) in [6, 6.07) is 2.92. The lowest BCUT2D eigenvalue weighted by Crippen LogP contribution is -2.49. The van der Waals surface area contributed by atoms with Crippen LogP contribution in [0.25, 0.3) is 0 Å². The van der Waals surface area contributed by atoms with Gasteiger partial charge in [-0.2, -0.15) is 4.72 Å². The number of non-ortho nitro benzene ring substituents is 1. The van der Waals surface area contributed by atoms with Crippen LogP contribution in [0, 0.1) is 10.1 Å². The Balaban J connectivity index is 3.32. The number of nitrogens with zero attached hydrogens (tertiary/aromatic N) is 1. The molecule has 0 saturated carbocycles. The maximum Gasteiger partial charge on any atom is 0.324 e. The Morgan fingerprint density at radius 2 is 2.00 bits per heavy atom. The lowest BCUT2D eigenvalue weighted by molar-refractivity contribution is -0.385. The van der Waals surface area contributed by atoms with Crippen molar-refractivity contribution < 1.29 is 28.0 Å². The van der Waals surface area contributed by atoms with Gasteiger partial charge in [0, 0.05) is 6.07 Å². The summed E-state index contributed by atoms with van der Waals surface area (Å²) in [6.07, 6.45) is 0. The summed E-state index contributed by atoms with van der Waals surface area (Å²) in [5, 5.41) is 19.6. The number of rotatable bonds is 6. The Labute approximate surface area is 120 Å². The summed E-state index contributed by atoms with van der Waals surface area (Å²) < 4.78 is 31.2. The van der Waals surface area contributed by atoms with Gasteiger partial charge < -0.3 is 9.84 Å². The fourth-order valence-electron chi connectivity index (χ4n) is 1.43. The van der Waals surface area contributed by atoms with Crippen LogP contribution in [0.2, 0.25) is 0 Å². The van der Waals surface area contributed by atoms with E-state index in [-0.39, 0.29) is 16.3 Å². The Kier molecular flexibility index (Phi) is 4.54. The first-order valence-electron chi connectivity index (χ1n) is 5.61. The van der Waals surface area contributed by atoms with Crippen LogP contribution in [0.1, 0.15) is 13.8 Å². The van der Waals surface area contributed by atoms with Gasteiger partial charge in [0.2, 0.25) is 10.0 Å². The highest BCUT2D eigenvalue weighted by Gasteiger charge is 2.34. The van der Waals surface area contributed by atoms with Crippen molar-refractivity contribution in [3.05, 3.63) is 28.3 Å². The van der Waals surface area contributed by atoms with Crippen molar-refractivity contribution >= 4 is 21.7 Å². The van der Waals surface area contributed by atoms with Gasteiger partial charge >= 0.3 is 5.97 Å². The van der Waals surface area contributed by atoms with Crippen molar-refractivity contribution in [3.8, 4) is 5.75 Å². The molecule has 0 unspecified atom stereocenters. The zero-order valence-electron chi connectivity index (χ0n) is 11.5. The average molecular weight is 318 g/mol. The molecule has 0 aliphatic heterocycles. The fourth-order valence-corrected chi connectivity index (χ4v) is 2.95. The van der Waals surface area contributed by atoms with E-state index in [4.69, 9.17) is 9.84 Å². The highest BCUT2D eigenvalue weighted by Crippen LogP contribution is 2.29. The van der Waals surface area contributed by atoms with Gasteiger partial charge in [-0.05, 0) is 19.9 Å². The molecule has 0 fully saturated rings. The molecule has 116 valence electrons. The number of ether oxygens (including phenoxy) is 1. The van der Waals surface area contributed by atoms with Crippen molar-refractivity contribution in [1.82, 2.24) is 4.72 Å². The number of carbonyl (C=O) groups is 1. The lowest BCUT2D eigenvalue weighted by Gasteiger charge is -2.21. The van der Waals surface area contributed by atoms with Crippen LogP contribution in [0.4, 0.5) is 5.69 Å². The number of nitrogens with one attached hydrogen (secondary N) is 1. The lowest BCUT2D eigenvalue weighted by atomic mass is 10.1. The quantitative estimate of drug-likeness (QED) is 0.583. The van der Waals surface area contributed by atoms with Crippen molar-refractivity contribution in [3.63, 3.8) is 0 Å². The number of hydrogen-bond donors (Lipinski definition) is 2. The van der Waals surface area contributed by atoms with Crippen molar-refractivity contribution in [2.75, 3.05) is 7.11 Å². The van der Waals surface area contributed by atoms with E-state index in [1.54, 1.807) is 0 Å². The van der Waals surface area contributed by atoms with Crippen LogP contribution in [-0.4, -0.2) is 37.1 Å². The van der Waals surface area contributed by atoms with Crippen LogP contribution in [0.3, 0.4) is 0 Å². The number of nitro groups is 1. The van der Waals surface area contributed by atoms with Gasteiger partial charge in [0.15, 0.2) is 0 Å². The smallest absolute Gasteiger partial charge is 0.324 e. The van der Waals surface area contributed by atoms with Gasteiger partial charge in [0.1, 0.15) is 16.2 Å². The third kappa shape index (κ3) is 3.67. The SMILES string of the molecule is COc1cc([N+](=O)[O-])ccc1S(=O)(=O)NC(C)(C)C(=O)O. The first-order chi connectivity index (χ1) is 9.51. The Bertz CT molecular complexity index is 682. The summed E-state index contributed by atoms with van der Waals surface area (Å²) in [5.41, 5.74) is -2.09. The summed E-state index contributed by atoms with van der Waals surface area (Å²) in [6.45, 7) is 2.34. The van der Waals surface area contributed by atoms with E-state index in [9.17, 15) is 23.3 Å². The van der Waals surface area contributed by atoms with Crippen LogP contribution in [-0.2, 0) is 14.8 Å². The van der Waals surface area contributed by atoms with E-state index < -0.39 is 26.5 Å². The van der Waals surface area contributed by atoms with Gasteiger partial charge in [0.25, 0.3) is 5.69 Å². The van der Waals surface area contributed by atoms with Crippen molar-refractivity contribution in [1.29, 1.82) is 0 Å². The third-order valence-electron chi connectivity index (χ3n) is 2.57. The first kappa shape index (κ1) is 16.9. The predicted molar refractivity (Wildman–Crippen MR) is 71.7 cm³/mol. The Morgan fingerprint density at radius 1 is 1.43 bits per heavy atom. The maximum atomic E-state index is 12.2. The van der Waals surface area contributed by atoms with Crippen LogP contribution >= 0.6 is 0 Å². The molecule has 0 saturated heterocycles. The summed E-state index contributed by atoms with van der Waals surface area (Å²) in [4.78, 5) is 20.6. The molecule has 0 radical (unpaired) electrons. The second-order valence-corrected chi connectivity index (χ2v) is 6.28. The normalized spacial score (nSPS) is 12.0. The molecule has 0 aliphatic rings. The number of carboxylic acids is 1. The van der Waals surface area contributed by atoms with Crippen LogP contribution in [0.15, 0.2) is 23.1 Å². The summed E-state index contributed by atoms with van der Waals surface area (Å²) in [7, 11) is -3.07. The van der Waals surface area contributed by atoms with Gasteiger partial charge in [-0.3, -0.25) is 14.9 Å². The van der Waals surface area contributed by atoms with E-state index in [1.165, 1.54) is 13.8 Å². The highest BCUT2D eigenvalue weighted by atomic mass is 32.2. The van der Waals surface area contributed by atoms with E-state index in [1.807, 2.05) is 4.72 Å². The molecule has 2 N–H and O–H groups in total. The third-order valence-corrected chi connectivity index (χ3v) is 4.27. The molecule has 0 aromatic heterocycles. The number of benzene rings is 1. The molecule has 21 heavy (non-hydrogen) atoms. The molecule has 0 amide bonds. The number of nitro benzene ring substituents is 1. The van der Waals surface area contributed by atoms with E-state index in [0.29, 0.717) is 0 Å².